The Labute approximate surface area is 171 Å². The second-order valence-corrected chi connectivity index (χ2v) is 9.20. The van der Waals surface area contributed by atoms with Crippen LogP contribution in [0.15, 0.2) is 15.9 Å². The Morgan fingerprint density at radius 3 is 2.38 bits per heavy atom. The number of imidazole rings is 1. The molecule has 0 saturated heterocycles. The maximum atomic E-state index is 12.9. The number of aromatic nitrogens is 4. The molecule has 2 rings (SSSR count). The van der Waals surface area contributed by atoms with Crippen LogP contribution in [0, 0.1) is 0 Å². The van der Waals surface area contributed by atoms with Crippen molar-refractivity contribution in [3.63, 3.8) is 0 Å². The molecule has 2 aromatic heterocycles. The lowest BCUT2D eigenvalue weighted by Gasteiger charge is -2.15. The monoisotopic (exact) mass is 428 g/mol. The van der Waals surface area contributed by atoms with Crippen molar-refractivity contribution in [2.24, 2.45) is 0 Å². The lowest BCUT2D eigenvalue weighted by Crippen LogP contribution is -2.40. The summed E-state index contributed by atoms with van der Waals surface area (Å²) in [6.07, 6.45) is 4.94. The molecule has 10 heteroatoms. The molecule has 0 aromatic carbocycles. The zero-order valence-electron chi connectivity index (χ0n) is 17.9. The van der Waals surface area contributed by atoms with E-state index < -0.39 is 7.60 Å². The summed E-state index contributed by atoms with van der Waals surface area (Å²) in [5, 5.41) is 0. The van der Waals surface area contributed by atoms with Gasteiger partial charge in [0.2, 0.25) is 0 Å². The molecule has 0 N–H and O–H groups in total. The fourth-order valence-corrected chi connectivity index (χ4v) is 4.54. The first-order valence-corrected chi connectivity index (χ1v) is 12.2. The van der Waals surface area contributed by atoms with Crippen LogP contribution in [-0.4, -0.2) is 38.1 Å². The van der Waals surface area contributed by atoms with Gasteiger partial charge in [-0.1, -0.05) is 13.8 Å². The number of hydrogen-bond acceptors (Lipinski definition) is 6. The Morgan fingerprint density at radius 2 is 1.76 bits per heavy atom. The van der Waals surface area contributed by atoms with Gasteiger partial charge in [0.1, 0.15) is 0 Å². The van der Waals surface area contributed by atoms with Gasteiger partial charge >= 0.3 is 13.3 Å². The molecule has 9 nitrogen and oxygen atoms in total. The van der Waals surface area contributed by atoms with E-state index in [-0.39, 0.29) is 11.2 Å². The number of aryl methyl sites for hydroxylation is 2. The number of fused-ring (bicyclic) bond motifs is 1. The van der Waals surface area contributed by atoms with Crippen LogP contribution >= 0.6 is 7.60 Å². The maximum Gasteiger partial charge on any atom is 0.332 e. The van der Waals surface area contributed by atoms with Crippen molar-refractivity contribution in [3.05, 3.63) is 27.2 Å². The summed E-state index contributed by atoms with van der Waals surface area (Å²) in [7, 11) is -2.98. The Balaban J connectivity index is 2.07. The van der Waals surface area contributed by atoms with Crippen molar-refractivity contribution in [2.75, 3.05) is 19.4 Å². The van der Waals surface area contributed by atoms with E-state index in [1.54, 1.807) is 24.7 Å². The predicted octanol–water partition coefficient (Wildman–Crippen LogP) is 3.23. The molecule has 164 valence electrons. The van der Waals surface area contributed by atoms with Crippen molar-refractivity contribution >= 4 is 18.8 Å². The molecule has 0 spiro atoms. The summed E-state index contributed by atoms with van der Waals surface area (Å²) in [5.41, 5.74) is 0.322. The average Bonchev–Trinajstić information content (AvgIpc) is 3.11. The van der Waals surface area contributed by atoms with Crippen LogP contribution in [0.5, 0.6) is 0 Å². The Bertz CT molecular complexity index is 962. The SMILES string of the molecule is CCCn1cnc2c1c(=O)n(CCCCCOP(=O)(CC)OCC)c(=O)n2CC. The predicted molar refractivity (Wildman–Crippen MR) is 114 cm³/mol. The third-order valence-electron chi connectivity index (χ3n) is 4.79. The zero-order chi connectivity index (χ0) is 21.4. The van der Waals surface area contributed by atoms with Crippen molar-refractivity contribution in [1.82, 2.24) is 18.7 Å². The molecule has 1 atom stereocenters. The minimum absolute atomic E-state index is 0.288. The topological polar surface area (TPSA) is 97.4 Å². The lowest BCUT2D eigenvalue weighted by molar-refractivity contribution is 0.209. The second kappa shape index (κ2) is 10.9. The quantitative estimate of drug-likeness (QED) is 0.359. The van der Waals surface area contributed by atoms with Crippen LogP contribution < -0.4 is 11.2 Å². The summed E-state index contributed by atoms with van der Waals surface area (Å²) in [5.74, 6) is 0. The first-order chi connectivity index (χ1) is 13.9. The molecule has 0 fully saturated rings. The van der Waals surface area contributed by atoms with E-state index in [4.69, 9.17) is 9.05 Å². The highest BCUT2D eigenvalue weighted by Crippen LogP contribution is 2.47. The van der Waals surface area contributed by atoms with Crippen LogP contribution in [0.3, 0.4) is 0 Å². The molecule has 0 bridgehead atoms. The Hall–Kier alpha value is -1.70. The van der Waals surface area contributed by atoms with Crippen molar-refractivity contribution in [3.8, 4) is 0 Å². The average molecular weight is 428 g/mol. The van der Waals surface area contributed by atoms with Gasteiger partial charge in [-0.3, -0.25) is 18.5 Å². The molecule has 2 aromatic rings. The smallest absolute Gasteiger partial charge is 0.325 e. The number of rotatable bonds is 13. The molecule has 0 aliphatic carbocycles. The third-order valence-corrected chi connectivity index (χ3v) is 6.79. The van der Waals surface area contributed by atoms with Gasteiger partial charge in [0, 0.05) is 25.8 Å². The van der Waals surface area contributed by atoms with E-state index >= 15 is 0 Å². The van der Waals surface area contributed by atoms with Crippen molar-refractivity contribution in [1.29, 1.82) is 0 Å². The summed E-state index contributed by atoms with van der Waals surface area (Å²) >= 11 is 0. The molecule has 0 saturated carbocycles. The van der Waals surface area contributed by atoms with E-state index in [9.17, 15) is 14.2 Å². The fourth-order valence-electron chi connectivity index (χ4n) is 3.30. The molecule has 0 radical (unpaired) electrons. The molecule has 1 unspecified atom stereocenters. The summed E-state index contributed by atoms with van der Waals surface area (Å²) in [6.45, 7) is 9.63. The number of hydrogen-bond donors (Lipinski definition) is 0. The minimum atomic E-state index is -2.98. The second-order valence-electron chi connectivity index (χ2n) is 6.83. The number of nitrogens with zero attached hydrogens (tertiary/aromatic N) is 4. The first-order valence-electron chi connectivity index (χ1n) is 10.5. The standard InChI is InChI=1S/C19H33N4O5P/c1-5-12-21-15-20-17-16(21)18(24)23(19(25)22(17)6-2)13-10-9-11-14-28-29(26,8-4)27-7-3/h15H,5-14H2,1-4H3. The van der Waals surface area contributed by atoms with E-state index in [1.165, 1.54) is 4.57 Å². The highest BCUT2D eigenvalue weighted by molar-refractivity contribution is 7.53. The van der Waals surface area contributed by atoms with Gasteiger partial charge in [0.15, 0.2) is 11.2 Å². The van der Waals surface area contributed by atoms with Gasteiger partial charge in [-0.25, -0.2) is 9.78 Å². The van der Waals surface area contributed by atoms with E-state index in [1.807, 2.05) is 18.4 Å². The van der Waals surface area contributed by atoms with E-state index in [0.29, 0.717) is 63.0 Å². The Morgan fingerprint density at radius 1 is 1.00 bits per heavy atom. The fraction of sp³-hybridized carbons (Fsp3) is 0.737. The largest absolute Gasteiger partial charge is 0.332 e. The molecule has 2 heterocycles. The molecular formula is C19H33N4O5P. The first kappa shape index (κ1) is 23.6. The highest BCUT2D eigenvalue weighted by atomic mass is 31.2. The molecule has 29 heavy (non-hydrogen) atoms. The van der Waals surface area contributed by atoms with Crippen LogP contribution in [-0.2, 0) is 33.2 Å². The molecule has 0 aliphatic rings. The van der Waals surface area contributed by atoms with Crippen molar-refractivity contribution < 1.29 is 13.6 Å². The molecule has 0 aliphatic heterocycles. The van der Waals surface area contributed by atoms with Gasteiger partial charge in [-0.15, -0.1) is 0 Å². The third kappa shape index (κ3) is 5.47. The lowest BCUT2D eigenvalue weighted by atomic mass is 10.2. The minimum Gasteiger partial charge on any atom is -0.325 e. The summed E-state index contributed by atoms with van der Waals surface area (Å²) in [6, 6.07) is 0. The number of unbranched alkanes of at least 4 members (excludes halogenated alkanes) is 2. The van der Waals surface area contributed by atoms with Crippen LogP contribution in [0.4, 0.5) is 0 Å². The zero-order valence-corrected chi connectivity index (χ0v) is 18.8. The van der Waals surface area contributed by atoms with Gasteiger partial charge in [0.05, 0.1) is 19.5 Å². The van der Waals surface area contributed by atoms with Gasteiger partial charge in [-0.05, 0) is 39.5 Å². The maximum absolute atomic E-state index is 12.9. The van der Waals surface area contributed by atoms with E-state index in [2.05, 4.69) is 4.98 Å². The van der Waals surface area contributed by atoms with Gasteiger partial charge < -0.3 is 13.6 Å². The van der Waals surface area contributed by atoms with Crippen LogP contribution in [0.2, 0.25) is 0 Å². The van der Waals surface area contributed by atoms with Gasteiger partial charge in [0.25, 0.3) is 5.56 Å². The normalized spacial score (nSPS) is 13.8. The van der Waals surface area contributed by atoms with Crippen LogP contribution in [0.25, 0.3) is 11.2 Å². The Kier molecular flexibility index (Phi) is 8.86. The van der Waals surface area contributed by atoms with Gasteiger partial charge in [-0.2, -0.15) is 0 Å². The van der Waals surface area contributed by atoms with Crippen molar-refractivity contribution in [2.45, 2.75) is 73.0 Å². The summed E-state index contributed by atoms with van der Waals surface area (Å²) < 4.78 is 27.6. The van der Waals surface area contributed by atoms with E-state index in [0.717, 1.165) is 12.8 Å². The molecule has 0 amide bonds. The highest BCUT2D eigenvalue weighted by Gasteiger charge is 2.20. The van der Waals surface area contributed by atoms with Crippen LogP contribution in [0.1, 0.15) is 53.4 Å². The molecular weight excluding hydrogens is 395 g/mol. The summed E-state index contributed by atoms with van der Waals surface area (Å²) in [4.78, 5) is 30.0.